The molecule has 1 unspecified atom stereocenters. The van der Waals surface area contributed by atoms with Crippen LogP contribution in [-0.4, -0.2) is 79.7 Å². The summed E-state index contributed by atoms with van der Waals surface area (Å²) in [6, 6.07) is -1.13. The van der Waals surface area contributed by atoms with E-state index in [-0.39, 0.29) is 5.91 Å². The topological polar surface area (TPSA) is 60.0 Å². The van der Waals surface area contributed by atoms with Crippen molar-refractivity contribution in [3.63, 3.8) is 0 Å². The van der Waals surface area contributed by atoms with E-state index in [0.29, 0.717) is 51.1 Å². The van der Waals surface area contributed by atoms with Gasteiger partial charge in [-0.1, -0.05) is 19.3 Å². The van der Waals surface area contributed by atoms with E-state index in [1.54, 1.807) is 7.05 Å². The van der Waals surface area contributed by atoms with Gasteiger partial charge in [-0.15, -0.1) is 0 Å². The third kappa shape index (κ3) is 6.86. The number of rotatable bonds is 5. The molecule has 6 nitrogen and oxygen atoms in total. The number of halogens is 3. The molecule has 1 amide bonds. The summed E-state index contributed by atoms with van der Waals surface area (Å²) in [5.41, 5.74) is 0. The first-order valence-electron chi connectivity index (χ1n) is 9.87. The Labute approximate surface area is 159 Å². The van der Waals surface area contributed by atoms with E-state index in [1.807, 2.05) is 4.90 Å². The van der Waals surface area contributed by atoms with E-state index in [4.69, 9.17) is 0 Å². The summed E-state index contributed by atoms with van der Waals surface area (Å²) in [6.45, 7) is 3.30. The number of nitrogens with one attached hydrogen (secondary N) is 2. The molecule has 9 heteroatoms. The molecule has 2 rings (SSSR count). The minimum absolute atomic E-state index is 0.0358. The molecule has 27 heavy (non-hydrogen) atoms. The van der Waals surface area contributed by atoms with Crippen molar-refractivity contribution >= 4 is 11.9 Å². The van der Waals surface area contributed by atoms with Gasteiger partial charge in [0.25, 0.3) is 0 Å². The minimum Gasteiger partial charge on any atom is -0.356 e. The highest BCUT2D eigenvalue weighted by Gasteiger charge is 2.41. The third-order valence-electron chi connectivity index (χ3n) is 5.45. The van der Waals surface area contributed by atoms with Gasteiger partial charge in [0.2, 0.25) is 5.91 Å². The third-order valence-corrected chi connectivity index (χ3v) is 5.45. The Bertz CT molecular complexity index is 498. The fraction of sp³-hybridized carbons (Fsp3) is 0.889. The van der Waals surface area contributed by atoms with E-state index < -0.39 is 12.2 Å². The van der Waals surface area contributed by atoms with Crippen LogP contribution in [0, 0.1) is 0 Å². The minimum atomic E-state index is -4.20. The van der Waals surface area contributed by atoms with Crippen molar-refractivity contribution in [3.05, 3.63) is 0 Å². The molecule has 1 heterocycles. The molecule has 1 saturated carbocycles. The Morgan fingerprint density at radius 3 is 2.33 bits per heavy atom. The van der Waals surface area contributed by atoms with Crippen molar-refractivity contribution in [1.82, 2.24) is 20.4 Å². The molecule has 1 saturated heterocycles. The summed E-state index contributed by atoms with van der Waals surface area (Å²) in [5.74, 6) is 0.674. The number of carbonyl (C=O) groups excluding carboxylic acids is 1. The number of aliphatic imine (C=N–C) groups is 1. The lowest BCUT2D eigenvalue weighted by molar-refractivity contribution is -0.181. The maximum absolute atomic E-state index is 12.8. The molecular formula is C18H32F3N5O. The highest BCUT2D eigenvalue weighted by molar-refractivity contribution is 5.81. The van der Waals surface area contributed by atoms with Gasteiger partial charge in [-0.3, -0.25) is 14.7 Å². The van der Waals surface area contributed by atoms with Gasteiger partial charge < -0.3 is 15.5 Å². The molecule has 2 fully saturated rings. The number of hydrogen-bond acceptors (Lipinski definition) is 3. The fourth-order valence-electron chi connectivity index (χ4n) is 3.69. The Morgan fingerprint density at radius 2 is 1.78 bits per heavy atom. The summed E-state index contributed by atoms with van der Waals surface area (Å²) in [7, 11) is 1.65. The maximum atomic E-state index is 12.8. The number of hydrogen-bond donors (Lipinski definition) is 2. The lowest BCUT2D eigenvalue weighted by atomic mass is 9.95. The van der Waals surface area contributed by atoms with Crippen LogP contribution in [0.1, 0.15) is 45.4 Å². The fourth-order valence-corrected chi connectivity index (χ4v) is 3.69. The van der Waals surface area contributed by atoms with Crippen LogP contribution < -0.4 is 10.6 Å². The highest BCUT2D eigenvalue weighted by Crippen LogP contribution is 2.25. The van der Waals surface area contributed by atoms with E-state index >= 15 is 0 Å². The van der Waals surface area contributed by atoms with Gasteiger partial charge in [0, 0.05) is 52.2 Å². The van der Waals surface area contributed by atoms with Gasteiger partial charge in [0.1, 0.15) is 6.04 Å². The lowest BCUT2D eigenvalue weighted by Crippen LogP contribution is -2.56. The molecule has 1 aliphatic heterocycles. The first-order chi connectivity index (χ1) is 12.8. The van der Waals surface area contributed by atoms with Gasteiger partial charge in [0.05, 0.1) is 0 Å². The summed E-state index contributed by atoms with van der Waals surface area (Å²) >= 11 is 0. The van der Waals surface area contributed by atoms with E-state index in [1.165, 1.54) is 31.1 Å². The largest absolute Gasteiger partial charge is 0.403 e. The van der Waals surface area contributed by atoms with Crippen molar-refractivity contribution in [2.75, 3.05) is 39.8 Å². The van der Waals surface area contributed by atoms with Crippen molar-refractivity contribution in [2.24, 2.45) is 4.99 Å². The van der Waals surface area contributed by atoms with Crippen LogP contribution in [0.2, 0.25) is 0 Å². The molecule has 2 aliphatic rings. The summed E-state index contributed by atoms with van der Waals surface area (Å²) in [4.78, 5) is 19.6. The summed E-state index contributed by atoms with van der Waals surface area (Å²) < 4.78 is 38.5. The maximum Gasteiger partial charge on any atom is 0.403 e. The number of piperazine rings is 1. The monoisotopic (exact) mass is 391 g/mol. The molecule has 1 aliphatic carbocycles. The number of alkyl halides is 3. The smallest absolute Gasteiger partial charge is 0.356 e. The molecule has 0 radical (unpaired) electrons. The van der Waals surface area contributed by atoms with Crippen molar-refractivity contribution in [2.45, 2.75) is 63.7 Å². The quantitative estimate of drug-likeness (QED) is 0.556. The molecule has 0 aromatic rings. The first kappa shape index (κ1) is 21.8. The molecule has 156 valence electrons. The van der Waals surface area contributed by atoms with Crippen LogP contribution in [0.5, 0.6) is 0 Å². The van der Waals surface area contributed by atoms with Crippen LogP contribution in [0.15, 0.2) is 4.99 Å². The molecular weight excluding hydrogens is 359 g/mol. The van der Waals surface area contributed by atoms with E-state index in [0.717, 1.165) is 12.8 Å². The lowest BCUT2D eigenvalue weighted by Gasteiger charge is -2.39. The van der Waals surface area contributed by atoms with E-state index in [2.05, 4.69) is 15.6 Å². The summed E-state index contributed by atoms with van der Waals surface area (Å²) in [5, 5.41) is 6.23. The van der Waals surface area contributed by atoms with Crippen LogP contribution >= 0.6 is 0 Å². The Morgan fingerprint density at radius 1 is 1.15 bits per heavy atom. The van der Waals surface area contributed by atoms with E-state index in [9.17, 15) is 18.0 Å². The van der Waals surface area contributed by atoms with Crippen molar-refractivity contribution < 1.29 is 18.0 Å². The second-order valence-corrected chi connectivity index (χ2v) is 7.37. The normalized spacial score (nSPS) is 21.8. The number of carbonyl (C=O) groups is 1. The van der Waals surface area contributed by atoms with Crippen LogP contribution in [-0.2, 0) is 4.79 Å². The Kier molecular flexibility index (Phi) is 8.19. The zero-order valence-electron chi connectivity index (χ0n) is 16.3. The summed E-state index contributed by atoms with van der Waals surface area (Å²) in [6.07, 6.45) is 1.88. The average molecular weight is 391 g/mol. The Balaban J connectivity index is 1.69. The van der Waals surface area contributed by atoms with Crippen LogP contribution in [0.4, 0.5) is 13.2 Å². The molecule has 1 atom stereocenters. The second-order valence-electron chi connectivity index (χ2n) is 7.37. The Hall–Kier alpha value is -1.51. The molecule has 2 N–H and O–H groups in total. The first-order valence-corrected chi connectivity index (χ1v) is 9.87. The number of amides is 1. The van der Waals surface area contributed by atoms with Crippen molar-refractivity contribution in [3.8, 4) is 0 Å². The van der Waals surface area contributed by atoms with Gasteiger partial charge >= 0.3 is 6.18 Å². The zero-order chi connectivity index (χ0) is 19.9. The molecule has 0 spiro atoms. The average Bonchev–Trinajstić information content (AvgIpc) is 2.65. The van der Waals surface area contributed by atoms with Gasteiger partial charge in [-0.05, 0) is 19.8 Å². The van der Waals surface area contributed by atoms with Gasteiger partial charge in [0.15, 0.2) is 5.96 Å². The predicted molar refractivity (Wildman–Crippen MR) is 99.7 cm³/mol. The molecule has 0 aromatic carbocycles. The SMILES string of the molecule is CN=C(NCCC(=O)NC1CCCCC1)N1CCN(C(C)C(F)(F)F)CC1. The standard InChI is InChI=1S/C18H32F3N5O/c1-14(18(19,20)21)25-10-12-26(13-11-25)17(22-2)23-9-8-16(27)24-15-6-4-3-5-7-15/h14-15H,3-13H2,1-2H3,(H,22,23)(H,24,27). The van der Waals surface area contributed by atoms with Crippen LogP contribution in [0.3, 0.4) is 0 Å². The molecule has 0 aromatic heterocycles. The van der Waals surface area contributed by atoms with Gasteiger partial charge in [-0.2, -0.15) is 13.2 Å². The van der Waals surface area contributed by atoms with Gasteiger partial charge in [-0.25, -0.2) is 0 Å². The predicted octanol–water partition coefficient (Wildman–Crippen LogP) is 1.97. The zero-order valence-corrected chi connectivity index (χ0v) is 16.3. The number of guanidine groups is 1. The second kappa shape index (κ2) is 10.1. The van der Waals surface area contributed by atoms with Crippen LogP contribution in [0.25, 0.3) is 0 Å². The van der Waals surface area contributed by atoms with Crippen molar-refractivity contribution in [1.29, 1.82) is 0 Å². The molecule has 0 bridgehead atoms. The number of nitrogens with zero attached hydrogens (tertiary/aromatic N) is 3. The highest BCUT2D eigenvalue weighted by atomic mass is 19.4.